The average molecular weight is 532 g/mol. The van der Waals surface area contributed by atoms with Crippen molar-refractivity contribution in [2.24, 2.45) is 5.10 Å². The number of aryl methyl sites for hydroxylation is 1. The zero-order valence-corrected chi connectivity index (χ0v) is 20.3. The van der Waals surface area contributed by atoms with Gasteiger partial charge in [0.15, 0.2) is 11.5 Å². The number of nitrogens with one attached hydrogen (secondary N) is 1. The summed E-state index contributed by atoms with van der Waals surface area (Å²) in [5.74, 6) is -0.528. The van der Waals surface area contributed by atoms with E-state index in [9.17, 15) is 18.3 Å². The first-order valence-electron chi connectivity index (χ1n) is 9.75. The number of ether oxygens (including phenoxy) is 1. The Morgan fingerprint density at radius 3 is 2.42 bits per heavy atom. The number of phenolic OH excluding ortho intramolecular Hbond substituents is 1. The highest BCUT2D eigenvalue weighted by Gasteiger charge is 2.27. The van der Waals surface area contributed by atoms with Crippen LogP contribution in [-0.2, 0) is 14.8 Å². The lowest BCUT2D eigenvalue weighted by Crippen LogP contribution is -2.39. The van der Waals surface area contributed by atoms with Crippen LogP contribution in [0.1, 0.15) is 11.1 Å². The zero-order chi connectivity index (χ0) is 24.0. The van der Waals surface area contributed by atoms with Gasteiger partial charge in [0.2, 0.25) is 0 Å². The van der Waals surface area contributed by atoms with Crippen LogP contribution in [0.25, 0.3) is 0 Å². The number of amides is 1. The topological polar surface area (TPSA) is 108 Å². The maximum Gasteiger partial charge on any atom is 0.264 e. The Kier molecular flexibility index (Phi) is 7.72. The summed E-state index contributed by atoms with van der Waals surface area (Å²) in [6.45, 7) is 1.35. The Morgan fingerprint density at radius 1 is 1.12 bits per heavy atom. The summed E-state index contributed by atoms with van der Waals surface area (Å²) in [7, 11) is -2.60. The van der Waals surface area contributed by atoms with E-state index in [1.807, 2.05) is 6.92 Å². The fraction of sp³-hybridized carbons (Fsp3) is 0.130. The first-order valence-corrected chi connectivity index (χ1v) is 12.0. The summed E-state index contributed by atoms with van der Waals surface area (Å²) in [5.41, 5.74) is 3.87. The van der Waals surface area contributed by atoms with E-state index in [0.29, 0.717) is 11.3 Å². The molecule has 0 radical (unpaired) electrons. The molecule has 0 spiro atoms. The van der Waals surface area contributed by atoms with Crippen LogP contribution in [0, 0.1) is 6.92 Å². The molecule has 0 bridgehead atoms. The number of rotatable bonds is 8. The zero-order valence-electron chi connectivity index (χ0n) is 17.9. The Labute approximate surface area is 200 Å². The number of carbonyl (C=O) groups excluding carboxylic acids is 1. The first kappa shape index (κ1) is 24.3. The van der Waals surface area contributed by atoms with Crippen molar-refractivity contribution in [3.63, 3.8) is 0 Å². The number of methoxy groups -OCH3 is 1. The van der Waals surface area contributed by atoms with Crippen molar-refractivity contribution in [1.29, 1.82) is 0 Å². The lowest BCUT2D eigenvalue weighted by Gasteiger charge is -2.23. The van der Waals surface area contributed by atoms with Gasteiger partial charge in [-0.25, -0.2) is 13.8 Å². The molecule has 0 saturated carbocycles. The number of aromatic hydroxyl groups is 1. The second-order valence-electron chi connectivity index (χ2n) is 6.99. The van der Waals surface area contributed by atoms with Gasteiger partial charge in [-0.15, -0.1) is 0 Å². The maximum absolute atomic E-state index is 13.3. The molecule has 0 saturated heterocycles. The Balaban J connectivity index is 1.84. The number of benzene rings is 3. The molecule has 0 aliphatic rings. The summed E-state index contributed by atoms with van der Waals surface area (Å²) in [4.78, 5) is 12.7. The van der Waals surface area contributed by atoms with Crippen molar-refractivity contribution >= 4 is 43.8 Å². The normalized spacial score (nSPS) is 11.4. The molecule has 0 unspecified atom stereocenters. The van der Waals surface area contributed by atoms with Gasteiger partial charge < -0.3 is 9.84 Å². The highest BCUT2D eigenvalue weighted by atomic mass is 79.9. The van der Waals surface area contributed by atoms with E-state index in [2.05, 4.69) is 26.5 Å². The van der Waals surface area contributed by atoms with Gasteiger partial charge in [0, 0.05) is 10.0 Å². The lowest BCUT2D eigenvalue weighted by atomic mass is 10.2. The monoisotopic (exact) mass is 531 g/mol. The number of sulfonamides is 1. The first-order chi connectivity index (χ1) is 15.7. The number of phenols is 1. The SMILES string of the molecule is COc1cccc(/C=N\NC(=O)CN(c2ccc(Br)cc2)S(=O)(=O)c2ccc(C)cc2)c1O. The van der Waals surface area contributed by atoms with Gasteiger partial charge >= 0.3 is 0 Å². The van der Waals surface area contributed by atoms with Gasteiger partial charge in [-0.3, -0.25) is 9.10 Å². The average Bonchev–Trinajstić information content (AvgIpc) is 2.79. The molecule has 3 aromatic carbocycles. The minimum Gasteiger partial charge on any atom is -0.504 e. The number of halogens is 1. The predicted octanol–water partition coefficient (Wildman–Crippen LogP) is 3.82. The van der Waals surface area contributed by atoms with Crippen LogP contribution in [0.5, 0.6) is 11.5 Å². The summed E-state index contributed by atoms with van der Waals surface area (Å²) in [6.07, 6.45) is 1.24. The van der Waals surface area contributed by atoms with E-state index in [1.165, 1.54) is 25.5 Å². The minimum atomic E-state index is -4.02. The molecule has 8 nitrogen and oxygen atoms in total. The van der Waals surface area contributed by atoms with Crippen molar-refractivity contribution in [2.45, 2.75) is 11.8 Å². The maximum atomic E-state index is 13.3. The molecular formula is C23H22BrN3O5S. The lowest BCUT2D eigenvalue weighted by molar-refractivity contribution is -0.119. The van der Waals surface area contributed by atoms with Crippen LogP contribution in [0.2, 0.25) is 0 Å². The third kappa shape index (κ3) is 5.91. The number of hydrazone groups is 1. The third-order valence-corrected chi connectivity index (χ3v) is 6.97. The van der Waals surface area contributed by atoms with Crippen LogP contribution in [0.4, 0.5) is 5.69 Å². The van der Waals surface area contributed by atoms with E-state index >= 15 is 0 Å². The van der Waals surface area contributed by atoms with Crippen molar-refractivity contribution in [3.05, 3.63) is 82.3 Å². The summed E-state index contributed by atoms with van der Waals surface area (Å²) in [5, 5.41) is 13.9. The van der Waals surface area contributed by atoms with Crippen LogP contribution in [-0.4, -0.2) is 39.3 Å². The van der Waals surface area contributed by atoms with Crippen LogP contribution >= 0.6 is 15.9 Å². The molecule has 1 amide bonds. The van der Waals surface area contributed by atoms with Crippen molar-refractivity contribution in [2.75, 3.05) is 18.0 Å². The van der Waals surface area contributed by atoms with E-state index in [-0.39, 0.29) is 16.4 Å². The van der Waals surface area contributed by atoms with Gasteiger partial charge in [0.05, 0.1) is 23.9 Å². The van der Waals surface area contributed by atoms with Crippen molar-refractivity contribution in [3.8, 4) is 11.5 Å². The number of nitrogens with zero attached hydrogens (tertiary/aromatic N) is 2. The molecule has 0 aliphatic carbocycles. The van der Waals surface area contributed by atoms with Gasteiger partial charge in [-0.1, -0.05) is 39.7 Å². The molecule has 0 heterocycles. The van der Waals surface area contributed by atoms with Crippen molar-refractivity contribution < 1.29 is 23.1 Å². The summed E-state index contributed by atoms with van der Waals surface area (Å²) < 4.78 is 33.5. The summed E-state index contributed by atoms with van der Waals surface area (Å²) >= 11 is 3.33. The van der Waals surface area contributed by atoms with Gasteiger partial charge in [-0.05, 0) is 55.5 Å². The van der Waals surface area contributed by atoms with E-state index in [1.54, 1.807) is 54.6 Å². The Hall–Kier alpha value is -3.37. The molecule has 0 aromatic heterocycles. The quantitative estimate of drug-likeness (QED) is 0.339. The van der Waals surface area contributed by atoms with Gasteiger partial charge in [0.25, 0.3) is 15.9 Å². The third-order valence-electron chi connectivity index (χ3n) is 4.65. The van der Waals surface area contributed by atoms with E-state index in [0.717, 1.165) is 14.3 Å². The predicted molar refractivity (Wildman–Crippen MR) is 130 cm³/mol. The molecule has 33 heavy (non-hydrogen) atoms. The number of para-hydroxylation sites is 1. The Bertz CT molecular complexity index is 1260. The standard InChI is InChI=1S/C23H22BrN3O5S/c1-16-6-12-20(13-7-16)33(30,31)27(19-10-8-18(24)9-11-19)15-22(28)26-25-14-17-4-3-5-21(32-2)23(17)29/h3-14,29H,15H2,1-2H3,(H,26,28)/b25-14-. The van der Waals surface area contributed by atoms with E-state index < -0.39 is 22.5 Å². The summed E-state index contributed by atoms with van der Waals surface area (Å²) in [6, 6.07) is 17.8. The fourth-order valence-corrected chi connectivity index (χ4v) is 4.59. The molecule has 2 N–H and O–H groups in total. The van der Waals surface area contributed by atoms with Crippen LogP contribution in [0.15, 0.2) is 81.2 Å². The minimum absolute atomic E-state index is 0.0635. The van der Waals surface area contributed by atoms with E-state index in [4.69, 9.17) is 4.74 Å². The molecule has 172 valence electrons. The molecule has 10 heteroatoms. The molecular weight excluding hydrogens is 510 g/mol. The largest absolute Gasteiger partial charge is 0.504 e. The molecule has 3 rings (SSSR count). The molecule has 0 atom stereocenters. The van der Waals surface area contributed by atoms with Gasteiger partial charge in [-0.2, -0.15) is 5.10 Å². The van der Waals surface area contributed by atoms with Gasteiger partial charge in [0.1, 0.15) is 6.54 Å². The number of hydrogen-bond donors (Lipinski definition) is 2. The highest BCUT2D eigenvalue weighted by molar-refractivity contribution is 9.10. The molecule has 3 aromatic rings. The smallest absolute Gasteiger partial charge is 0.264 e. The second-order valence-corrected chi connectivity index (χ2v) is 9.77. The van der Waals surface area contributed by atoms with Crippen molar-refractivity contribution in [1.82, 2.24) is 5.43 Å². The number of anilines is 1. The molecule has 0 fully saturated rings. The highest BCUT2D eigenvalue weighted by Crippen LogP contribution is 2.28. The second kappa shape index (κ2) is 10.5. The number of carbonyl (C=O) groups is 1. The fourth-order valence-electron chi connectivity index (χ4n) is 2.91. The van der Waals surface area contributed by atoms with Crippen LogP contribution in [0.3, 0.4) is 0 Å². The Morgan fingerprint density at radius 2 is 1.79 bits per heavy atom. The number of hydrogen-bond acceptors (Lipinski definition) is 6. The van der Waals surface area contributed by atoms with Crippen LogP contribution < -0.4 is 14.5 Å². The molecule has 0 aliphatic heterocycles.